The van der Waals surface area contributed by atoms with E-state index in [1.54, 1.807) is 13.0 Å². The molecule has 0 aliphatic heterocycles. The molecule has 0 spiro atoms. The van der Waals surface area contributed by atoms with E-state index in [0.717, 1.165) is 11.3 Å². The Labute approximate surface area is 106 Å². The minimum atomic E-state index is -0.563. The fourth-order valence-corrected chi connectivity index (χ4v) is 1.31. The number of nitrogens with zero attached hydrogens (tertiary/aromatic N) is 1. The van der Waals surface area contributed by atoms with Gasteiger partial charge in [0.2, 0.25) is 5.91 Å². The number of rotatable bonds is 4. The number of hydrogen-bond donors (Lipinski definition) is 1. The largest absolute Gasteiger partial charge is 0.399 e. The van der Waals surface area contributed by atoms with Gasteiger partial charge in [-0.1, -0.05) is 17.3 Å². The third kappa shape index (κ3) is 4.07. The Hall–Kier alpha value is -1.55. The predicted molar refractivity (Wildman–Crippen MR) is 69.6 cm³/mol. The number of halogens is 1. The smallest absolute Gasteiger partial charge is 0.242 e. The molecule has 0 aliphatic rings. The standard InChI is InChI=1S/C12H15ClN2O2/c1-8(13)12(16)14-11-6-4-5-10(7-11)9(2)15-17-3/h4-8H,1-3H3,(H,14,16). The van der Waals surface area contributed by atoms with Crippen LogP contribution in [0.4, 0.5) is 5.69 Å². The van der Waals surface area contributed by atoms with Gasteiger partial charge in [-0.15, -0.1) is 11.6 Å². The summed E-state index contributed by atoms with van der Waals surface area (Å²) in [6, 6.07) is 7.33. The average Bonchev–Trinajstić information content (AvgIpc) is 2.29. The highest BCUT2D eigenvalue weighted by Gasteiger charge is 2.09. The average molecular weight is 255 g/mol. The predicted octanol–water partition coefficient (Wildman–Crippen LogP) is 2.62. The minimum Gasteiger partial charge on any atom is -0.399 e. The first-order chi connectivity index (χ1) is 8.04. The van der Waals surface area contributed by atoms with E-state index < -0.39 is 5.38 Å². The van der Waals surface area contributed by atoms with Gasteiger partial charge in [0.05, 0.1) is 5.71 Å². The molecule has 1 amide bonds. The Balaban J connectivity index is 2.86. The second-order valence-electron chi connectivity index (χ2n) is 3.55. The van der Waals surface area contributed by atoms with Crippen LogP contribution in [0.25, 0.3) is 0 Å². The molecule has 5 heteroatoms. The first-order valence-corrected chi connectivity index (χ1v) is 5.61. The Kier molecular flexibility index (Phi) is 4.97. The molecule has 1 N–H and O–H groups in total. The second kappa shape index (κ2) is 6.25. The van der Waals surface area contributed by atoms with Crippen molar-refractivity contribution in [2.75, 3.05) is 12.4 Å². The van der Waals surface area contributed by atoms with Gasteiger partial charge < -0.3 is 10.2 Å². The normalized spacial score (nSPS) is 13.1. The van der Waals surface area contributed by atoms with Crippen LogP contribution < -0.4 is 5.32 Å². The molecule has 1 aromatic rings. The summed E-state index contributed by atoms with van der Waals surface area (Å²) in [5.41, 5.74) is 2.31. The van der Waals surface area contributed by atoms with Crippen LogP contribution in [0.3, 0.4) is 0 Å². The molecule has 4 nitrogen and oxygen atoms in total. The zero-order chi connectivity index (χ0) is 12.8. The maximum Gasteiger partial charge on any atom is 0.242 e. The molecule has 92 valence electrons. The Bertz CT molecular complexity index is 430. The second-order valence-corrected chi connectivity index (χ2v) is 4.20. The molecule has 0 radical (unpaired) electrons. The summed E-state index contributed by atoms with van der Waals surface area (Å²) in [6.45, 7) is 3.45. The highest BCUT2D eigenvalue weighted by molar-refractivity contribution is 6.32. The monoisotopic (exact) mass is 254 g/mol. The molecule has 0 heterocycles. The lowest BCUT2D eigenvalue weighted by Gasteiger charge is -2.08. The first-order valence-electron chi connectivity index (χ1n) is 5.17. The molecule has 0 aliphatic carbocycles. The number of amides is 1. The lowest BCUT2D eigenvalue weighted by atomic mass is 10.1. The summed E-state index contributed by atoms with van der Waals surface area (Å²) in [7, 11) is 1.49. The maximum atomic E-state index is 11.4. The lowest BCUT2D eigenvalue weighted by molar-refractivity contribution is -0.115. The van der Waals surface area contributed by atoms with Gasteiger partial charge in [0, 0.05) is 11.3 Å². The molecule has 0 bridgehead atoms. The molecular formula is C12H15ClN2O2. The molecule has 1 unspecified atom stereocenters. The highest BCUT2D eigenvalue weighted by atomic mass is 35.5. The van der Waals surface area contributed by atoms with E-state index in [1.807, 2.05) is 25.1 Å². The van der Waals surface area contributed by atoms with E-state index in [2.05, 4.69) is 10.5 Å². The zero-order valence-electron chi connectivity index (χ0n) is 10.0. The van der Waals surface area contributed by atoms with Crippen LogP contribution in [0.5, 0.6) is 0 Å². The van der Waals surface area contributed by atoms with Crippen molar-refractivity contribution in [1.29, 1.82) is 0 Å². The van der Waals surface area contributed by atoms with Crippen LogP contribution in [0.1, 0.15) is 19.4 Å². The Morgan fingerprint density at radius 3 is 2.82 bits per heavy atom. The number of carbonyl (C=O) groups excluding carboxylic acids is 1. The van der Waals surface area contributed by atoms with Crippen molar-refractivity contribution in [3.8, 4) is 0 Å². The van der Waals surface area contributed by atoms with Crippen molar-refractivity contribution in [3.63, 3.8) is 0 Å². The molecule has 17 heavy (non-hydrogen) atoms. The quantitative estimate of drug-likeness (QED) is 0.510. The van der Waals surface area contributed by atoms with Crippen molar-refractivity contribution in [2.45, 2.75) is 19.2 Å². The van der Waals surface area contributed by atoms with Gasteiger partial charge in [-0.05, 0) is 26.0 Å². The van der Waals surface area contributed by atoms with E-state index in [4.69, 9.17) is 16.4 Å². The fourth-order valence-electron chi connectivity index (χ4n) is 1.25. The van der Waals surface area contributed by atoms with Crippen LogP contribution in [0.15, 0.2) is 29.4 Å². The van der Waals surface area contributed by atoms with Crippen molar-refractivity contribution < 1.29 is 9.63 Å². The summed E-state index contributed by atoms with van der Waals surface area (Å²) >= 11 is 5.67. The third-order valence-corrected chi connectivity index (χ3v) is 2.34. The van der Waals surface area contributed by atoms with Gasteiger partial charge in [-0.2, -0.15) is 0 Å². The number of alkyl halides is 1. The topological polar surface area (TPSA) is 50.7 Å². The van der Waals surface area contributed by atoms with Crippen LogP contribution >= 0.6 is 11.6 Å². The van der Waals surface area contributed by atoms with Crippen molar-refractivity contribution >= 4 is 28.9 Å². The van der Waals surface area contributed by atoms with Gasteiger partial charge in [-0.3, -0.25) is 4.79 Å². The van der Waals surface area contributed by atoms with Gasteiger partial charge in [0.1, 0.15) is 12.5 Å². The minimum absolute atomic E-state index is 0.231. The van der Waals surface area contributed by atoms with E-state index in [0.29, 0.717) is 5.69 Å². The number of carbonyl (C=O) groups is 1. The molecule has 0 saturated carbocycles. The SMILES string of the molecule is CON=C(C)c1cccc(NC(=O)C(C)Cl)c1. The van der Waals surface area contributed by atoms with Crippen LogP contribution in [-0.2, 0) is 9.63 Å². The lowest BCUT2D eigenvalue weighted by Crippen LogP contribution is -2.20. The van der Waals surface area contributed by atoms with Crippen molar-refractivity contribution in [3.05, 3.63) is 29.8 Å². The van der Waals surface area contributed by atoms with Crippen molar-refractivity contribution in [2.24, 2.45) is 5.16 Å². The summed E-state index contributed by atoms with van der Waals surface area (Å²) < 4.78 is 0. The Morgan fingerprint density at radius 2 is 2.24 bits per heavy atom. The van der Waals surface area contributed by atoms with Gasteiger partial charge in [0.25, 0.3) is 0 Å². The highest BCUT2D eigenvalue weighted by Crippen LogP contribution is 2.12. The fraction of sp³-hybridized carbons (Fsp3) is 0.333. The molecule has 1 atom stereocenters. The molecule has 0 fully saturated rings. The maximum absolute atomic E-state index is 11.4. The Morgan fingerprint density at radius 1 is 1.53 bits per heavy atom. The summed E-state index contributed by atoms with van der Waals surface area (Å²) in [5, 5.41) is 5.98. The summed E-state index contributed by atoms with van der Waals surface area (Å²) in [5.74, 6) is -0.231. The van der Waals surface area contributed by atoms with Crippen LogP contribution in [-0.4, -0.2) is 24.1 Å². The first kappa shape index (κ1) is 13.5. The number of anilines is 1. The van der Waals surface area contributed by atoms with Crippen LogP contribution in [0.2, 0.25) is 0 Å². The number of hydrogen-bond acceptors (Lipinski definition) is 3. The number of oxime groups is 1. The van der Waals surface area contributed by atoms with E-state index in [-0.39, 0.29) is 5.91 Å². The van der Waals surface area contributed by atoms with Gasteiger partial charge >= 0.3 is 0 Å². The van der Waals surface area contributed by atoms with Gasteiger partial charge in [-0.25, -0.2) is 0 Å². The number of benzene rings is 1. The molecule has 1 aromatic carbocycles. The van der Waals surface area contributed by atoms with Gasteiger partial charge in [0.15, 0.2) is 0 Å². The summed E-state index contributed by atoms with van der Waals surface area (Å²) in [4.78, 5) is 16.1. The third-order valence-electron chi connectivity index (χ3n) is 2.14. The van der Waals surface area contributed by atoms with Crippen LogP contribution in [0, 0.1) is 0 Å². The molecular weight excluding hydrogens is 240 g/mol. The van der Waals surface area contributed by atoms with Crippen molar-refractivity contribution in [1.82, 2.24) is 0 Å². The molecule has 1 rings (SSSR count). The molecule has 0 aromatic heterocycles. The van der Waals surface area contributed by atoms with E-state index >= 15 is 0 Å². The van der Waals surface area contributed by atoms with E-state index in [1.165, 1.54) is 7.11 Å². The summed E-state index contributed by atoms with van der Waals surface area (Å²) in [6.07, 6.45) is 0. The zero-order valence-corrected chi connectivity index (χ0v) is 10.8. The molecule has 0 saturated heterocycles. The van der Waals surface area contributed by atoms with E-state index in [9.17, 15) is 4.79 Å². The number of nitrogens with one attached hydrogen (secondary N) is 1.